The molecule has 4 aromatic rings. The van der Waals surface area contributed by atoms with E-state index < -0.39 is 27.7 Å². The lowest BCUT2D eigenvalue weighted by Crippen LogP contribution is -2.43. The molecule has 0 bridgehead atoms. The number of piperidine rings is 1. The molecule has 1 aliphatic heterocycles. The molecule has 1 fully saturated rings. The van der Waals surface area contributed by atoms with Crippen LogP contribution in [0.15, 0.2) is 72.8 Å². The summed E-state index contributed by atoms with van der Waals surface area (Å²) < 4.78 is 64.6. The van der Waals surface area contributed by atoms with Crippen LogP contribution in [0.4, 0.5) is 18.9 Å². The maximum Gasteiger partial charge on any atom is 0.485 e. The average Bonchev–Trinajstić information content (AvgIpc) is 3.10. The van der Waals surface area contributed by atoms with Crippen LogP contribution in [0.2, 0.25) is 10.0 Å². The highest BCUT2D eigenvalue weighted by Crippen LogP contribution is 2.38. The Bertz CT molecular complexity index is 1720. The fourth-order valence-electron chi connectivity index (χ4n) is 5.72. The summed E-state index contributed by atoms with van der Waals surface area (Å²) in [5, 5.41) is 15.2. The van der Waals surface area contributed by atoms with Gasteiger partial charge >= 0.3 is 5.51 Å². The highest BCUT2D eigenvalue weighted by atomic mass is 35.5. The lowest BCUT2D eigenvalue weighted by molar-refractivity contribution is -0.102. The minimum Gasteiger partial charge on any atom is -0.469 e. The molecule has 1 atom stereocenters. The number of alkyl halides is 3. The number of pyridine rings is 1. The molecule has 0 saturated carbocycles. The Hall–Kier alpha value is -2.93. The smallest absolute Gasteiger partial charge is 0.469 e. The highest BCUT2D eigenvalue weighted by Gasteiger charge is 2.42. The second-order valence-electron chi connectivity index (χ2n) is 13.4. The van der Waals surface area contributed by atoms with Crippen molar-refractivity contribution >= 4 is 50.8 Å². The number of benzene rings is 3. The van der Waals surface area contributed by atoms with Gasteiger partial charge in [0, 0.05) is 52.2 Å². The van der Waals surface area contributed by atoms with Gasteiger partial charge in [-0.2, -0.15) is 13.2 Å². The maximum absolute atomic E-state index is 13.1. The predicted molar refractivity (Wildman–Crippen MR) is 201 cm³/mol. The number of nitrogens with one attached hydrogen (secondary N) is 1. The third-order valence-corrected chi connectivity index (χ3v) is 10.1. The number of halogens is 5. The number of aliphatic hydroxyl groups is 1. The zero-order valence-electron chi connectivity index (χ0n) is 29.7. The van der Waals surface area contributed by atoms with Gasteiger partial charge in [-0.05, 0) is 93.6 Å². The molecule has 13 heteroatoms. The number of aliphatic hydroxyl groups excluding tert-OH is 1. The summed E-state index contributed by atoms with van der Waals surface area (Å²) in [5.41, 5.74) is -1.99. The summed E-state index contributed by atoms with van der Waals surface area (Å²) in [7, 11) is -3.05. The van der Waals surface area contributed by atoms with Gasteiger partial charge in [-0.25, -0.2) is 13.5 Å². The number of nitrogens with zero attached hydrogens (tertiary/aromatic N) is 2. The van der Waals surface area contributed by atoms with Crippen LogP contribution >= 0.6 is 23.2 Å². The van der Waals surface area contributed by atoms with Gasteiger partial charge in [-0.15, -0.1) is 0 Å². The van der Waals surface area contributed by atoms with Crippen molar-refractivity contribution in [3.05, 3.63) is 99.5 Å². The SMILES string of the molecule is CC.CC(C)(CO)OCC(C)(C)Oc1cc(NC2CCN(S(=O)C(F)(F)F)CC2)c2cc(C(c3ccc(Cl)cc3)c3ccc(Cl)cc3)ccc2n1. The van der Waals surface area contributed by atoms with Crippen molar-refractivity contribution in [3.63, 3.8) is 0 Å². The molecule has 2 N–H and O–H groups in total. The zero-order valence-corrected chi connectivity index (χ0v) is 32.0. The van der Waals surface area contributed by atoms with E-state index in [0.29, 0.717) is 40.0 Å². The van der Waals surface area contributed by atoms with Crippen LogP contribution in [-0.4, -0.2) is 67.7 Å². The van der Waals surface area contributed by atoms with Crippen LogP contribution in [0, 0.1) is 0 Å². The molecule has 5 rings (SSSR count). The minimum atomic E-state index is -4.79. The summed E-state index contributed by atoms with van der Waals surface area (Å²) in [6, 6.07) is 23.0. The second kappa shape index (κ2) is 17.3. The summed E-state index contributed by atoms with van der Waals surface area (Å²) >= 11 is 12.5. The molecule has 7 nitrogen and oxygen atoms in total. The van der Waals surface area contributed by atoms with E-state index in [1.807, 2.05) is 88.4 Å². The molecule has 1 aliphatic rings. The van der Waals surface area contributed by atoms with E-state index >= 15 is 0 Å². The Balaban J connectivity index is 0.00000286. The second-order valence-corrected chi connectivity index (χ2v) is 15.8. The van der Waals surface area contributed by atoms with Crippen LogP contribution in [0.5, 0.6) is 5.88 Å². The summed E-state index contributed by atoms with van der Waals surface area (Å²) in [4.78, 5) is 4.83. The van der Waals surface area contributed by atoms with E-state index in [-0.39, 0.29) is 38.3 Å². The third kappa shape index (κ3) is 11.0. The van der Waals surface area contributed by atoms with Gasteiger partial charge in [0.25, 0.3) is 0 Å². The fourth-order valence-corrected chi connectivity index (χ4v) is 6.80. The van der Waals surface area contributed by atoms with Crippen LogP contribution in [-0.2, 0) is 15.7 Å². The van der Waals surface area contributed by atoms with Gasteiger partial charge in [-0.1, -0.05) is 67.4 Å². The van der Waals surface area contributed by atoms with E-state index in [1.165, 1.54) is 0 Å². The lowest BCUT2D eigenvalue weighted by Gasteiger charge is -2.33. The molecular formula is C38H46Cl2F3N3O4S. The van der Waals surface area contributed by atoms with Crippen molar-refractivity contribution in [2.75, 3.05) is 31.6 Å². The zero-order chi connectivity index (χ0) is 37.6. The van der Waals surface area contributed by atoms with Crippen molar-refractivity contribution in [2.24, 2.45) is 0 Å². The molecule has 278 valence electrons. The fraction of sp³-hybridized carbons (Fsp3) is 0.447. The quantitative estimate of drug-likeness (QED) is 0.140. The van der Waals surface area contributed by atoms with Gasteiger partial charge in [0.1, 0.15) is 5.60 Å². The predicted octanol–water partition coefficient (Wildman–Crippen LogP) is 9.75. The van der Waals surface area contributed by atoms with Crippen molar-refractivity contribution in [3.8, 4) is 5.88 Å². The number of anilines is 1. The Morgan fingerprint density at radius 2 is 1.41 bits per heavy atom. The van der Waals surface area contributed by atoms with E-state index in [9.17, 15) is 22.5 Å². The van der Waals surface area contributed by atoms with Crippen molar-refractivity contribution in [1.29, 1.82) is 0 Å². The van der Waals surface area contributed by atoms with Crippen LogP contribution in [0.1, 0.15) is 77.0 Å². The first kappa shape index (κ1) is 40.8. The van der Waals surface area contributed by atoms with Gasteiger partial charge in [0.05, 0.1) is 24.3 Å². The first-order valence-corrected chi connectivity index (χ1v) is 18.8. The van der Waals surface area contributed by atoms with Gasteiger partial charge < -0.3 is 19.9 Å². The lowest BCUT2D eigenvalue weighted by atomic mass is 9.84. The minimum absolute atomic E-state index is 0.0294. The monoisotopic (exact) mass is 767 g/mol. The highest BCUT2D eigenvalue weighted by molar-refractivity contribution is 7.83. The Morgan fingerprint density at radius 1 is 0.882 bits per heavy atom. The first-order chi connectivity index (χ1) is 24.0. The van der Waals surface area contributed by atoms with Crippen molar-refractivity contribution in [2.45, 2.75) is 83.1 Å². The van der Waals surface area contributed by atoms with E-state index in [1.54, 1.807) is 19.9 Å². The number of rotatable bonds is 12. The molecule has 0 radical (unpaired) electrons. The summed E-state index contributed by atoms with van der Waals surface area (Å²) in [6.07, 6.45) is 0.713. The number of hydrogen-bond acceptors (Lipinski definition) is 6. The van der Waals surface area contributed by atoms with E-state index in [0.717, 1.165) is 26.4 Å². The third-order valence-electron chi connectivity index (χ3n) is 8.37. The van der Waals surface area contributed by atoms with Gasteiger partial charge in [0.15, 0.2) is 0 Å². The Morgan fingerprint density at radius 3 is 1.92 bits per heavy atom. The Kier molecular flexibility index (Phi) is 13.8. The molecule has 1 unspecified atom stereocenters. The van der Waals surface area contributed by atoms with Crippen LogP contribution in [0.25, 0.3) is 10.9 Å². The number of hydrogen-bond donors (Lipinski definition) is 2. The molecule has 1 saturated heterocycles. The molecule has 51 heavy (non-hydrogen) atoms. The van der Waals surface area contributed by atoms with Gasteiger partial charge in [0.2, 0.25) is 16.9 Å². The molecular weight excluding hydrogens is 722 g/mol. The maximum atomic E-state index is 13.1. The molecule has 1 aromatic heterocycles. The molecule has 0 amide bonds. The number of aromatic nitrogens is 1. The number of ether oxygens (including phenoxy) is 2. The van der Waals surface area contributed by atoms with Gasteiger partial charge in [-0.3, -0.25) is 0 Å². The molecule has 2 heterocycles. The van der Waals surface area contributed by atoms with E-state index in [4.69, 9.17) is 37.7 Å². The summed E-state index contributed by atoms with van der Waals surface area (Å²) in [5.74, 6) is 0.162. The molecule has 0 aliphatic carbocycles. The first-order valence-electron chi connectivity index (χ1n) is 16.9. The largest absolute Gasteiger partial charge is 0.485 e. The van der Waals surface area contributed by atoms with Crippen molar-refractivity contribution < 1.29 is 32.0 Å². The molecule has 3 aromatic carbocycles. The standard InChI is InChI=1S/C36H40Cl2F3N3O4S.C2H6/c1-34(2,21-45)47-22-35(3,4)48-32-20-31(42-28-15-17-44(18-16-28)49(46)36(39,40)41)29-19-25(9-14-30(29)43-32)33(23-5-10-26(37)11-6-23)24-7-12-27(38)13-8-24;1-2/h5-14,19-20,28,33,45H,15-18,21-22H2,1-4H3,(H,42,43);1-2H3. The van der Waals surface area contributed by atoms with Crippen molar-refractivity contribution in [1.82, 2.24) is 9.29 Å². The van der Waals surface area contributed by atoms with Crippen LogP contribution in [0.3, 0.4) is 0 Å². The van der Waals surface area contributed by atoms with E-state index in [2.05, 4.69) is 11.4 Å². The van der Waals surface area contributed by atoms with Crippen LogP contribution < -0.4 is 10.1 Å². The average molecular weight is 769 g/mol. The summed E-state index contributed by atoms with van der Waals surface area (Å²) in [6.45, 7) is 11.4. The number of fused-ring (bicyclic) bond motifs is 1. The Labute approximate surface area is 311 Å². The normalized spacial score (nSPS) is 15.4. The molecule has 0 spiro atoms. The topological polar surface area (TPSA) is 83.9 Å².